The summed E-state index contributed by atoms with van der Waals surface area (Å²) in [6.07, 6.45) is 2.02. The number of pyridine rings is 1. The van der Waals surface area contributed by atoms with Gasteiger partial charge in [-0.3, -0.25) is 4.57 Å². The molecule has 4 N–H and O–H groups in total. The summed E-state index contributed by atoms with van der Waals surface area (Å²) in [7, 11) is 0. The zero-order valence-corrected chi connectivity index (χ0v) is 14.3. The van der Waals surface area contributed by atoms with Crippen molar-refractivity contribution in [3.05, 3.63) is 17.5 Å². The van der Waals surface area contributed by atoms with Crippen molar-refractivity contribution >= 4 is 28.5 Å². The normalized spacial score (nSPS) is 30.4. The standard InChI is InChI=1S/C16H21ClN4O4/c17-11-5-9(19-8-3-1-2-4-8)12-15(20-11)21(7-18-12)16-14(24)13(23)10(6-22)25-16/h5,7-8,10,13-14,16,22-24H,1-4,6H2,(H,19,20)/t10-,13+,14+,16-/m0/s1. The lowest BCUT2D eigenvalue weighted by Crippen LogP contribution is -2.33. The lowest BCUT2D eigenvalue weighted by molar-refractivity contribution is -0.0511. The zero-order chi connectivity index (χ0) is 17.6. The maximum absolute atomic E-state index is 10.2. The Morgan fingerprint density at radius 2 is 2.04 bits per heavy atom. The molecule has 3 heterocycles. The van der Waals surface area contributed by atoms with Crippen LogP contribution in [-0.2, 0) is 4.74 Å². The summed E-state index contributed by atoms with van der Waals surface area (Å²) >= 11 is 6.18. The van der Waals surface area contributed by atoms with Crippen LogP contribution in [0.15, 0.2) is 12.4 Å². The molecule has 9 heteroatoms. The van der Waals surface area contributed by atoms with E-state index in [-0.39, 0.29) is 6.61 Å². The molecule has 0 spiro atoms. The van der Waals surface area contributed by atoms with E-state index < -0.39 is 24.5 Å². The topological polar surface area (TPSA) is 113 Å². The number of aliphatic hydroxyl groups is 3. The van der Waals surface area contributed by atoms with Crippen LogP contribution in [0.1, 0.15) is 31.9 Å². The average molecular weight is 369 g/mol. The van der Waals surface area contributed by atoms with Crippen LogP contribution >= 0.6 is 11.6 Å². The van der Waals surface area contributed by atoms with Crippen molar-refractivity contribution in [2.24, 2.45) is 0 Å². The predicted molar refractivity (Wildman–Crippen MR) is 91.4 cm³/mol. The fraction of sp³-hybridized carbons (Fsp3) is 0.625. The molecule has 2 aliphatic rings. The largest absolute Gasteiger partial charge is 0.394 e. The highest BCUT2D eigenvalue weighted by Gasteiger charge is 2.44. The van der Waals surface area contributed by atoms with Gasteiger partial charge in [-0.1, -0.05) is 24.4 Å². The van der Waals surface area contributed by atoms with Crippen LogP contribution in [0, 0.1) is 0 Å². The van der Waals surface area contributed by atoms with Gasteiger partial charge in [0, 0.05) is 12.1 Å². The van der Waals surface area contributed by atoms with Gasteiger partial charge in [-0.25, -0.2) is 9.97 Å². The Kier molecular flexibility index (Phi) is 4.55. The quantitative estimate of drug-likeness (QED) is 0.596. The van der Waals surface area contributed by atoms with Crippen molar-refractivity contribution in [3.63, 3.8) is 0 Å². The van der Waals surface area contributed by atoms with Crippen LogP contribution in [0.25, 0.3) is 11.2 Å². The van der Waals surface area contributed by atoms with Crippen molar-refractivity contribution in [3.8, 4) is 0 Å². The SMILES string of the molecule is OC[C@@H]1O[C@H](n2cnc3c(NC4CCCC4)cc(Cl)nc32)[C@H](O)[C@@H]1O. The number of hydrogen-bond donors (Lipinski definition) is 4. The van der Waals surface area contributed by atoms with E-state index in [2.05, 4.69) is 15.3 Å². The highest BCUT2D eigenvalue weighted by Crippen LogP contribution is 2.34. The molecule has 8 nitrogen and oxygen atoms in total. The summed E-state index contributed by atoms with van der Waals surface area (Å²) in [5.74, 6) is 0. The molecular weight excluding hydrogens is 348 g/mol. The van der Waals surface area contributed by atoms with E-state index in [1.54, 1.807) is 10.6 Å². The second-order valence-electron chi connectivity index (χ2n) is 6.67. The van der Waals surface area contributed by atoms with E-state index in [1.165, 1.54) is 19.2 Å². The van der Waals surface area contributed by atoms with Gasteiger partial charge in [0.1, 0.15) is 29.0 Å². The van der Waals surface area contributed by atoms with E-state index >= 15 is 0 Å². The lowest BCUT2D eigenvalue weighted by atomic mass is 10.1. The van der Waals surface area contributed by atoms with Crippen LogP contribution < -0.4 is 5.32 Å². The Morgan fingerprint density at radius 1 is 1.28 bits per heavy atom. The molecule has 2 aromatic rings. The first kappa shape index (κ1) is 17.0. The van der Waals surface area contributed by atoms with Gasteiger partial charge in [0.15, 0.2) is 11.9 Å². The summed E-state index contributed by atoms with van der Waals surface area (Å²) in [6, 6.07) is 2.14. The molecule has 1 saturated carbocycles. The third-order valence-electron chi connectivity index (χ3n) is 5.00. The number of anilines is 1. The molecule has 0 bridgehead atoms. The second kappa shape index (κ2) is 6.69. The highest BCUT2D eigenvalue weighted by molar-refractivity contribution is 6.30. The van der Waals surface area contributed by atoms with Gasteiger partial charge in [0.25, 0.3) is 0 Å². The van der Waals surface area contributed by atoms with Crippen LogP contribution in [0.3, 0.4) is 0 Å². The number of halogens is 1. The van der Waals surface area contributed by atoms with E-state index in [9.17, 15) is 15.3 Å². The first-order valence-electron chi connectivity index (χ1n) is 8.50. The molecule has 1 aliphatic carbocycles. The van der Waals surface area contributed by atoms with Gasteiger partial charge >= 0.3 is 0 Å². The minimum Gasteiger partial charge on any atom is -0.394 e. The molecular formula is C16H21ClN4O4. The Balaban J connectivity index is 1.70. The molecule has 0 unspecified atom stereocenters. The molecule has 1 aliphatic heterocycles. The van der Waals surface area contributed by atoms with Gasteiger partial charge in [0.2, 0.25) is 0 Å². The number of fused-ring (bicyclic) bond motifs is 1. The van der Waals surface area contributed by atoms with Crippen LogP contribution in [0.2, 0.25) is 5.15 Å². The van der Waals surface area contributed by atoms with E-state index in [1.807, 2.05) is 0 Å². The molecule has 4 atom stereocenters. The summed E-state index contributed by atoms with van der Waals surface area (Å²) < 4.78 is 7.12. The van der Waals surface area contributed by atoms with Crippen LogP contribution in [0.5, 0.6) is 0 Å². The molecule has 0 amide bonds. The minimum absolute atomic E-state index is 0.307. The zero-order valence-electron chi connectivity index (χ0n) is 13.5. The fourth-order valence-electron chi connectivity index (χ4n) is 3.67. The Morgan fingerprint density at radius 3 is 2.72 bits per heavy atom. The van der Waals surface area contributed by atoms with Crippen molar-refractivity contribution in [1.82, 2.24) is 14.5 Å². The second-order valence-corrected chi connectivity index (χ2v) is 7.06. The predicted octanol–water partition coefficient (Wildman–Crippen LogP) is 1.05. The number of aromatic nitrogens is 3. The molecule has 0 radical (unpaired) electrons. The minimum atomic E-state index is -1.19. The van der Waals surface area contributed by atoms with Crippen molar-refractivity contribution in [1.29, 1.82) is 0 Å². The number of aliphatic hydroxyl groups excluding tert-OH is 3. The number of nitrogens with one attached hydrogen (secondary N) is 1. The Bertz CT molecular complexity index is 764. The van der Waals surface area contributed by atoms with Crippen LogP contribution in [-0.4, -0.2) is 60.8 Å². The summed E-state index contributed by atoms with van der Waals surface area (Å²) in [5, 5.41) is 33.3. The third kappa shape index (κ3) is 2.98. The number of ether oxygens (including phenoxy) is 1. The number of nitrogens with zero attached hydrogens (tertiary/aromatic N) is 3. The van der Waals surface area contributed by atoms with Gasteiger partial charge in [-0.2, -0.15) is 0 Å². The molecule has 0 aromatic carbocycles. The number of imidazole rings is 1. The smallest absolute Gasteiger partial charge is 0.165 e. The maximum atomic E-state index is 10.2. The molecule has 2 fully saturated rings. The van der Waals surface area contributed by atoms with E-state index in [0.29, 0.717) is 22.4 Å². The molecule has 1 saturated heterocycles. The third-order valence-corrected chi connectivity index (χ3v) is 5.20. The van der Waals surface area contributed by atoms with Gasteiger partial charge in [-0.15, -0.1) is 0 Å². The average Bonchev–Trinajstić information content (AvgIpc) is 3.29. The van der Waals surface area contributed by atoms with Crippen molar-refractivity contribution in [2.45, 2.75) is 56.3 Å². The number of hydrogen-bond acceptors (Lipinski definition) is 7. The summed E-state index contributed by atoms with van der Waals surface area (Å²) in [6.45, 7) is -0.385. The van der Waals surface area contributed by atoms with E-state index in [0.717, 1.165) is 18.5 Å². The van der Waals surface area contributed by atoms with Crippen LogP contribution in [0.4, 0.5) is 5.69 Å². The fourth-order valence-corrected chi connectivity index (χ4v) is 3.86. The van der Waals surface area contributed by atoms with E-state index in [4.69, 9.17) is 16.3 Å². The first-order valence-corrected chi connectivity index (χ1v) is 8.88. The lowest BCUT2D eigenvalue weighted by Gasteiger charge is -2.17. The van der Waals surface area contributed by atoms with Gasteiger partial charge < -0.3 is 25.4 Å². The molecule has 136 valence electrons. The first-order chi connectivity index (χ1) is 12.1. The summed E-state index contributed by atoms with van der Waals surface area (Å²) in [4.78, 5) is 8.72. The summed E-state index contributed by atoms with van der Waals surface area (Å²) in [5.41, 5.74) is 1.89. The van der Waals surface area contributed by atoms with Gasteiger partial charge in [0.05, 0.1) is 18.6 Å². The Labute approximate surface area is 149 Å². The van der Waals surface area contributed by atoms with Gasteiger partial charge in [-0.05, 0) is 12.8 Å². The Hall–Kier alpha value is -1.45. The van der Waals surface area contributed by atoms with Crippen molar-refractivity contribution < 1.29 is 20.1 Å². The molecule has 2 aromatic heterocycles. The number of rotatable bonds is 4. The monoisotopic (exact) mass is 368 g/mol. The maximum Gasteiger partial charge on any atom is 0.165 e. The highest BCUT2D eigenvalue weighted by atomic mass is 35.5. The van der Waals surface area contributed by atoms with Crippen molar-refractivity contribution in [2.75, 3.05) is 11.9 Å². The molecule has 25 heavy (non-hydrogen) atoms. The molecule has 4 rings (SSSR count).